The van der Waals surface area contributed by atoms with Crippen LogP contribution in [0.25, 0.3) is 11.3 Å². The number of amides is 2. The standard InChI is InChI=1S/C20H18ClN3O4/c1-3-27-20(26)24(2)16-9-7-15(8-10-16)22-19(25)17-12-18(28-23-17)13-5-4-6-14(21)11-13/h4-12H,3H2,1-2H3,(H,22,25). The van der Waals surface area contributed by atoms with Crippen LogP contribution in [0.5, 0.6) is 0 Å². The molecule has 0 saturated carbocycles. The first-order valence-corrected chi connectivity index (χ1v) is 8.90. The average molecular weight is 400 g/mol. The highest BCUT2D eigenvalue weighted by molar-refractivity contribution is 6.30. The molecule has 1 N–H and O–H groups in total. The first-order chi connectivity index (χ1) is 13.5. The minimum absolute atomic E-state index is 0.141. The van der Waals surface area contributed by atoms with E-state index in [0.29, 0.717) is 28.8 Å². The van der Waals surface area contributed by atoms with E-state index in [1.807, 2.05) is 6.07 Å². The summed E-state index contributed by atoms with van der Waals surface area (Å²) in [6, 6.07) is 15.4. The highest BCUT2D eigenvalue weighted by Crippen LogP contribution is 2.24. The second-order valence-corrected chi connectivity index (χ2v) is 6.28. The summed E-state index contributed by atoms with van der Waals surface area (Å²) in [6.45, 7) is 2.04. The van der Waals surface area contributed by atoms with Crippen LogP contribution < -0.4 is 10.2 Å². The molecule has 0 aliphatic heterocycles. The highest BCUT2D eigenvalue weighted by atomic mass is 35.5. The van der Waals surface area contributed by atoms with Crippen LogP contribution in [0, 0.1) is 0 Å². The minimum Gasteiger partial charge on any atom is -0.449 e. The first-order valence-electron chi connectivity index (χ1n) is 8.52. The lowest BCUT2D eigenvalue weighted by Gasteiger charge is -2.16. The summed E-state index contributed by atoms with van der Waals surface area (Å²) >= 11 is 5.97. The van der Waals surface area contributed by atoms with Crippen LogP contribution in [0.4, 0.5) is 16.2 Å². The number of carbonyl (C=O) groups is 2. The van der Waals surface area contributed by atoms with Gasteiger partial charge in [-0.05, 0) is 43.3 Å². The third-order valence-electron chi connectivity index (χ3n) is 3.91. The van der Waals surface area contributed by atoms with E-state index in [1.165, 1.54) is 4.90 Å². The molecule has 0 radical (unpaired) electrons. The SMILES string of the molecule is CCOC(=O)N(C)c1ccc(NC(=O)c2cc(-c3cccc(Cl)c3)on2)cc1. The second-order valence-electron chi connectivity index (χ2n) is 5.85. The molecule has 8 heteroatoms. The number of ether oxygens (including phenoxy) is 1. The Balaban J connectivity index is 1.67. The number of halogens is 1. The van der Waals surface area contributed by atoms with Gasteiger partial charge >= 0.3 is 6.09 Å². The number of nitrogens with zero attached hydrogens (tertiary/aromatic N) is 2. The van der Waals surface area contributed by atoms with Gasteiger partial charge in [-0.15, -0.1) is 0 Å². The minimum atomic E-state index is -0.449. The molecule has 7 nitrogen and oxygen atoms in total. The summed E-state index contributed by atoms with van der Waals surface area (Å²) in [6.07, 6.45) is -0.449. The van der Waals surface area contributed by atoms with Crippen LogP contribution in [0.3, 0.4) is 0 Å². The Morgan fingerprint density at radius 2 is 1.93 bits per heavy atom. The van der Waals surface area contributed by atoms with Crippen molar-refractivity contribution in [1.29, 1.82) is 0 Å². The largest absolute Gasteiger partial charge is 0.449 e. The topological polar surface area (TPSA) is 84.7 Å². The van der Waals surface area contributed by atoms with E-state index in [4.69, 9.17) is 20.9 Å². The molecule has 2 aromatic carbocycles. The Morgan fingerprint density at radius 3 is 2.61 bits per heavy atom. The molecule has 0 bridgehead atoms. The monoisotopic (exact) mass is 399 g/mol. The van der Waals surface area contributed by atoms with Gasteiger partial charge in [-0.2, -0.15) is 0 Å². The van der Waals surface area contributed by atoms with Gasteiger partial charge in [0.1, 0.15) is 0 Å². The molecule has 144 valence electrons. The van der Waals surface area contributed by atoms with E-state index >= 15 is 0 Å². The van der Waals surface area contributed by atoms with Crippen molar-refractivity contribution in [3.05, 3.63) is 65.3 Å². The zero-order chi connectivity index (χ0) is 20.1. The van der Waals surface area contributed by atoms with Gasteiger partial charge in [-0.3, -0.25) is 9.69 Å². The predicted molar refractivity (Wildman–Crippen MR) is 107 cm³/mol. The Hall–Kier alpha value is -3.32. The Morgan fingerprint density at radius 1 is 1.18 bits per heavy atom. The molecule has 28 heavy (non-hydrogen) atoms. The van der Waals surface area contributed by atoms with Crippen molar-refractivity contribution in [2.24, 2.45) is 0 Å². The second kappa shape index (κ2) is 8.58. The number of aromatic nitrogens is 1. The van der Waals surface area contributed by atoms with Crippen LogP contribution >= 0.6 is 11.6 Å². The molecule has 2 amide bonds. The highest BCUT2D eigenvalue weighted by Gasteiger charge is 2.15. The van der Waals surface area contributed by atoms with Crippen molar-refractivity contribution in [2.45, 2.75) is 6.92 Å². The fourth-order valence-electron chi connectivity index (χ4n) is 2.45. The van der Waals surface area contributed by atoms with Crippen molar-refractivity contribution in [3.8, 4) is 11.3 Å². The van der Waals surface area contributed by atoms with Gasteiger partial charge in [0.05, 0.1) is 6.61 Å². The summed E-state index contributed by atoms with van der Waals surface area (Å²) in [7, 11) is 1.61. The predicted octanol–water partition coefficient (Wildman–Crippen LogP) is 4.84. The van der Waals surface area contributed by atoms with Crippen molar-refractivity contribution < 1.29 is 18.8 Å². The Kier molecular flexibility index (Phi) is 5.96. The number of carbonyl (C=O) groups excluding carboxylic acids is 2. The van der Waals surface area contributed by atoms with Gasteiger partial charge in [0, 0.05) is 35.1 Å². The van der Waals surface area contributed by atoms with Gasteiger partial charge in [-0.25, -0.2) is 4.79 Å². The maximum atomic E-state index is 12.4. The first kappa shape index (κ1) is 19.4. The molecule has 1 heterocycles. The number of benzene rings is 2. The van der Waals surface area contributed by atoms with E-state index in [2.05, 4.69) is 10.5 Å². The van der Waals surface area contributed by atoms with Crippen molar-refractivity contribution >= 4 is 35.0 Å². The number of hydrogen-bond donors (Lipinski definition) is 1. The summed E-state index contributed by atoms with van der Waals surface area (Å²) in [5.41, 5.74) is 2.06. The average Bonchev–Trinajstić information content (AvgIpc) is 3.19. The third-order valence-corrected chi connectivity index (χ3v) is 4.14. The Bertz CT molecular complexity index is 985. The fourth-order valence-corrected chi connectivity index (χ4v) is 2.64. The van der Waals surface area contributed by atoms with Crippen LogP contribution in [-0.4, -0.2) is 30.8 Å². The molecule has 0 atom stereocenters. The summed E-state index contributed by atoms with van der Waals surface area (Å²) in [4.78, 5) is 25.5. The lowest BCUT2D eigenvalue weighted by atomic mass is 10.1. The van der Waals surface area contributed by atoms with E-state index in [1.54, 1.807) is 62.5 Å². The lowest BCUT2D eigenvalue weighted by Crippen LogP contribution is -2.26. The van der Waals surface area contributed by atoms with Crippen LogP contribution in [0.1, 0.15) is 17.4 Å². The van der Waals surface area contributed by atoms with Crippen LogP contribution in [0.2, 0.25) is 5.02 Å². The smallest absolute Gasteiger partial charge is 0.413 e. The maximum Gasteiger partial charge on any atom is 0.413 e. The molecule has 1 aromatic heterocycles. The molecule has 0 spiro atoms. The van der Waals surface area contributed by atoms with Gasteiger partial charge < -0.3 is 14.6 Å². The Labute approximate surface area is 166 Å². The van der Waals surface area contributed by atoms with Crippen molar-refractivity contribution in [1.82, 2.24) is 5.16 Å². The normalized spacial score (nSPS) is 10.4. The quantitative estimate of drug-likeness (QED) is 0.663. The maximum absolute atomic E-state index is 12.4. The number of nitrogens with one attached hydrogen (secondary N) is 1. The van der Waals surface area contributed by atoms with E-state index in [9.17, 15) is 9.59 Å². The number of anilines is 2. The van der Waals surface area contributed by atoms with Gasteiger partial charge in [-0.1, -0.05) is 28.9 Å². The molecule has 0 fully saturated rings. The molecule has 0 unspecified atom stereocenters. The fraction of sp³-hybridized carbons (Fsp3) is 0.150. The zero-order valence-electron chi connectivity index (χ0n) is 15.3. The molecule has 0 aliphatic rings. The van der Waals surface area contributed by atoms with Crippen LogP contribution in [-0.2, 0) is 4.74 Å². The van der Waals surface area contributed by atoms with E-state index < -0.39 is 12.0 Å². The zero-order valence-corrected chi connectivity index (χ0v) is 16.1. The summed E-state index contributed by atoms with van der Waals surface area (Å²) in [5, 5.41) is 7.10. The summed E-state index contributed by atoms with van der Waals surface area (Å²) < 4.78 is 10.2. The van der Waals surface area contributed by atoms with E-state index in [0.717, 1.165) is 5.56 Å². The van der Waals surface area contributed by atoms with Gasteiger partial charge in [0.2, 0.25) is 0 Å². The summed E-state index contributed by atoms with van der Waals surface area (Å²) in [5.74, 6) is 0.0302. The molecular formula is C20H18ClN3O4. The molecule has 0 aliphatic carbocycles. The third kappa shape index (κ3) is 4.50. The van der Waals surface area contributed by atoms with Crippen molar-refractivity contribution in [2.75, 3.05) is 23.9 Å². The molecule has 3 aromatic rings. The van der Waals surface area contributed by atoms with Crippen LogP contribution in [0.15, 0.2) is 59.1 Å². The molecule has 3 rings (SSSR count). The lowest BCUT2D eigenvalue weighted by molar-refractivity contribution is 0.101. The molecular weight excluding hydrogens is 382 g/mol. The van der Waals surface area contributed by atoms with Crippen molar-refractivity contribution in [3.63, 3.8) is 0 Å². The number of hydrogen-bond acceptors (Lipinski definition) is 5. The van der Waals surface area contributed by atoms with Gasteiger partial charge in [0.15, 0.2) is 11.5 Å². The number of rotatable bonds is 5. The molecule has 0 saturated heterocycles. The van der Waals surface area contributed by atoms with Gasteiger partial charge in [0.25, 0.3) is 5.91 Å². The van der Waals surface area contributed by atoms with E-state index in [-0.39, 0.29) is 5.69 Å².